The Labute approximate surface area is 118 Å². The van der Waals surface area contributed by atoms with Gasteiger partial charge in [-0.05, 0) is 31.2 Å². The van der Waals surface area contributed by atoms with Gasteiger partial charge in [-0.1, -0.05) is 18.2 Å². The highest BCUT2D eigenvalue weighted by molar-refractivity contribution is 7.79. The van der Waals surface area contributed by atoms with Crippen LogP contribution in [0.2, 0.25) is 0 Å². The number of allylic oxidation sites excluding steroid dienone is 1. The Bertz CT molecular complexity index is 541. The van der Waals surface area contributed by atoms with Gasteiger partial charge in [0.15, 0.2) is 0 Å². The van der Waals surface area contributed by atoms with Gasteiger partial charge in [0.1, 0.15) is 0 Å². The predicted molar refractivity (Wildman–Crippen MR) is 77.5 cm³/mol. The van der Waals surface area contributed by atoms with Crippen LogP contribution in [0.3, 0.4) is 0 Å². The molecule has 6 nitrogen and oxygen atoms in total. The Kier molecular flexibility index (Phi) is 8.77. The Hall–Kier alpha value is -2.09. The van der Waals surface area contributed by atoms with Crippen LogP contribution in [0.4, 0.5) is 0 Å². The third kappa shape index (κ3) is 11.0. The van der Waals surface area contributed by atoms with Crippen LogP contribution in [0.25, 0.3) is 11.4 Å². The van der Waals surface area contributed by atoms with Crippen molar-refractivity contribution in [2.45, 2.75) is 6.92 Å². The highest BCUT2D eigenvalue weighted by Gasteiger charge is 1.95. The van der Waals surface area contributed by atoms with Gasteiger partial charge in [-0.3, -0.25) is 19.1 Å². The van der Waals surface area contributed by atoms with Gasteiger partial charge in [0.25, 0.3) is 0 Å². The number of aromatic nitrogens is 2. The summed E-state index contributed by atoms with van der Waals surface area (Å²) in [4.78, 5) is 8.37. The van der Waals surface area contributed by atoms with Crippen molar-refractivity contribution in [3.63, 3.8) is 0 Å². The molecule has 0 aliphatic heterocycles. The van der Waals surface area contributed by atoms with E-state index in [2.05, 4.69) is 16.5 Å². The van der Waals surface area contributed by atoms with E-state index < -0.39 is 10.4 Å². The Morgan fingerprint density at radius 2 is 1.30 bits per heavy atom. The molecular weight excluding hydrogens is 280 g/mol. The van der Waals surface area contributed by atoms with Crippen molar-refractivity contribution in [2.75, 3.05) is 0 Å². The lowest BCUT2D eigenvalue weighted by Crippen LogP contribution is -1.89. The van der Waals surface area contributed by atoms with Crippen LogP contribution in [0.5, 0.6) is 0 Å². The summed E-state index contributed by atoms with van der Waals surface area (Å²) in [5.74, 6) is 0. The van der Waals surface area contributed by atoms with E-state index in [1.54, 1.807) is 18.5 Å². The monoisotopic (exact) mass is 296 g/mol. The van der Waals surface area contributed by atoms with Gasteiger partial charge in [0, 0.05) is 12.4 Å². The van der Waals surface area contributed by atoms with Crippen molar-refractivity contribution >= 4 is 10.4 Å². The fourth-order valence-corrected chi connectivity index (χ4v) is 1.03. The minimum Gasteiger partial charge on any atom is -0.264 e. The molecule has 0 aromatic carbocycles. The van der Waals surface area contributed by atoms with E-state index in [1.165, 1.54) is 0 Å². The maximum Gasteiger partial charge on any atom is 0.394 e. The smallest absolute Gasteiger partial charge is 0.264 e. The Balaban J connectivity index is 0.000000382. The minimum absolute atomic E-state index is 0.915. The van der Waals surface area contributed by atoms with Crippen LogP contribution in [-0.2, 0) is 10.4 Å². The lowest BCUT2D eigenvalue weighted by molar-refractivity contribution is 0.381. The second-order valence-electron chi connectivity index (χ2n) is 3.29. The second-order valence-corrected chi connectivity index (χ2v) is 4.18. The SMILES string of the molecule is C=CC.O=S(=O)(O)O.c1ccc(-c2ccccn2)nc1. The van der Waals surface area contributed by atoms with E-state index in [0.717, 1.165) is 11.4 Å². The maximum atomic E-state index is 8.74. The molecule has 0 spiro atoms. The molecule has 0 aliphatic rings. The summed E-state index contributed by atoms with van der Waals surface area (Å²) in [6.07, 6.45) is 5.29. The summed E-state index contributed by atoms with van der Waals surface area (Å²) >= 11 is 0. The van der Waals surface area contributed by atoms with Crippen LogP contribution in [0, 0.1) is 0 Å². The third-order valence-corrected chi connectivity index (χ3v) is 1.59. The molecule has 0 fully saturated rings. The first kappa shape index (κ1) is 17.9. The van der Waals surface area contributed by atoms with E-state index in [9.17, 15) is 0 Å². The summed E-state index contributed by atoms with van der Waals surface area (Å²) in [5, 5.41) is 0. The molecule has 2 aromatic rings. The summed E-state index contributed by atoms with van der Waals surface area (Å²) in [6.45, 7) is 5.25. The van der Waals surface area contributed by atoms with E-state index in [4.69, 9.17) is 17.5 Å². The average molecular weight is 296 g/mol. The normalized spacial score (nSPS) is 9.35. The topological polar surface area (TPSA) is 100 Å². The summed E-state index contributed by atoms with van der Waals surface area (Å²) < 4.78 is 31.6. The summed E-state index contributed by atoms with van der Waals surface area (Å²) in [6, 6.07) is 11.6. The average Bonchev–Trinajstić information content (AvgIpc) is 2.40. The van der Waals surface area contributed by atoms with Crippen molar-refractivity contribution in [2.24, 2.45) is 0 Å². The molecule has 0 saturated carbocycles. The van der Waals surface area contributed by atoms with Gasteiger partial charge >= 0.3 is 10.4 Å². The molecule has 20 heavy (non-hydrogen) atoms. The van der Waals surface area contributed by atoms with Crippen molar-refractivity contribution in [3.8, 4) is 11.4 Å². The highest BCUT2D eigenvalue weighted by Crippen LogP contribution is 2.10. The van der Waals surface area contributed by atoms with Crippen LogP contribution in [0.1, 0.15) is 6.92 Å². The van der Waals surface area contributed by atoms with Crippen molar-refractivity contribution < 1.29 is 17.5 Å². The zero-order valence-corrected chi connectivity index (χ0v) is 11.7. The fraction of sp³-hybridized carbons (Fsp3) is 0.0769. The molecule has 0 amide bonds. The number of nitrogens with zero attached hydrogens (tertiary/aromatic N) is 2. The standard InChI is InChI=1S/C10H8N2.C3H6.H2O4S/c1-3-7-11-9(5-1)10-6-2-4-8-12-10;1-3-2;1-5(2,3)4/h1-8H;3H,1H2,2H3;(H2,1,2,3,4). The molecule has 2 rings (SSSR count). The van der Waals surface area contributed by atoms with Gasteiger partial charge in [0.2, 0.25) is 0 Å². The molecule has 0 radical (unpaired) electrons. The third-order valence-electron chi connectivity index (χ3n) is 1.59. The molecule has 0 aliphatic carbocycles. The number of hydrogen-bond acceptors (Lipinski definition) is 4. The van der Waals surface area contributed by atoms with Crippen molar-refractivity contribution in [3.05, 3.63) is 61.4 Å². The van der Waals surface area contributed by atoms with Crippen molar-refractivity contribution in [1.82, 2.24) is 9.97 Å². The predicted octanol–water partition coefficient (Wildman–Crippen LogP) is 2.68. The number of pyridine rings is 2. The zero-order valence-electron chi connectivity index (χ0n) is 10.9. The van der Waals surface area contributed by atoms with E-state index >= 15 is 0 Å². The molecule has 7 heteroatoms. The van der Waals surface area contributed by atoms with Crippen LogP contribution >= 0.6 is 0 Å². The van der Waals surface area contributed by atoms with Crippen molar-refractivity contribution in [1.29, 1.82) is 0 Å². The van der Waals surface area contributed by atoms with Crippen LogP contribution < -0.4 is 0 Å². The minimum atomic E-state index is -4.67. The van der Waals surface area contributed by atoms with Gasteiger partial charge < -0.3 is 0 Å². The number of hydrogen-bond donors (Lipinski definition) is 2. The molecule has 0 bridgehead atoms. The molecule has 2 N–H and O–H groups in total. The van der Waals surface area contributed by atoms with Gasteiger partial charge in [-0.15, -0.1) is 6.58 Å². The molecule has 2 heterocycles. The maximum absolute atomic E-state index is 8.74. The lowest BCUT2D eigenvalue weighted by atomic mass is 10.2. The lowest BCUT2D eigenvalue weighted by Gasteiger charge is -1.96. The molecule has 0 unspecified atom stereocenters. The quantitative estimate of drug-likeness (QED) is 0.620. The van der Waals surface area contributed by atoms with Crippen LogP contribution in [0.15, 0.2) is 61.4 Å². The molecule has 108 valence electrons. The number of rotatable bonds is 1. The second kappa shape index (κ2) is 9.79. The molecule has 2 aromatic heterocycles. The first-order valence-corrected chi connectivity index (χ1v) is 6.87. The molecule has 0 saturated heterocycles. The van der Waals surface area contributed by atoms with E-state index in [-0.39, 0.29) is 0 Å². The van der Waals surface area contributed by atoms with E-state index in [1.807, 2.05) is 43.3 Å². The molecular formula is C13H16N2O4S. The van der Waals surface area contributed by atoms with E-state index in [0.29, 0.717) is 0 Å². The first-order chi connectivity index (χ1) is 9.38. The zero-order chi connectivity index (χ0) is 15.4. The highest BCUT2D eigenvalue weighted by atomic mass is 32.3. The molecule has 0 atom stereocenters. The Morgan fingerprint density at radius 1 is 1.00 bits per heavy atom. The van der Waals surface area contributed by atoms with Gasteiger partial charge in [-0.25, -0.2) is 0 Å². The summed E-state index contributed by atoms with van der Waals surface area (Å²) in [5.41, 5.74) is 1.83. The fourth-order valence-electron chi connectivity index (χ4n) is 1.03. The van der Waals surface area contributed by atoms with Crippen LogP contribution in [-0.4, -0.2) is 27.5 Å². The van der Waals surface area contributed by atoms with Gasteiger partial charge in [-0.2, -0.15) is 8.42 Å². The first-order valence-electron chi connectivity index (χ1n) is 5.48. The Morgan fingerprint density at radius 3 is 1.50 bits per heavy atom. The van der Waals surface area contributed by atoms with Gasteiger partial charge in [0.05, 0.1) is 11.4 Å². The summed E-state index contributed by atoms with van der Waals surface area (Å²) in [7, 11) is -4.67. The largest absolute Gasteiger partial charge is 0.394 e.